The summed E-state index contributed by atoms with van der Waals surface area (Å²) >= 11 is 1.10. The Balaban J connectivity index is 1.08. The van der Waals surface area contributed by atoms with Crippen molar-refractivity contribution in [2.24, 2.45) is 0 Å². The topological polar surface area (TPSA) is 199 Å². The minimum atomic E-state index is -2.72. The molecule has 2 unspecified atom stereocenters. The van der Waals surface area contributed by atoms with E-state index in [4.69, 9.17) is 18.9 Å². The van der Waals surface area contributed by atoms with Crippen molar-refractivity contribution < 1.29 is 46.5 Å². The first-order valence-corrected chi connectivity index (χ1v) is 20.9. The van der Waals surface area contributed by atoms with E-state index in [-0.39, 0.29) is 111 Å². The smallest absolute Gasteiger partial charge is 0.409 e. The summed E-state index contributed by atoms with van der Waals surface area (Å²) in [7, 11) is 1.29. The van der Waals surface area contributed by atoms with Crippen LogP contribution in [0.25, 0.3) is 27.3 Å². The number of methoxy groups -OCH3 is 1. The summed E-state index contributed by atoms with van der Waals surface area (Å²) in [4.78, 5) is 36.8. The molecule has 1 saturated heterocycles. The lowest BCUT2D eigenvalue weighted by atomic mass is 9.92. The fourth-order valence-electron chi connectivity index (χ4n) is 7.69. The number of hydrogen-bond acceptors (Lipinski definition) is 15. The molecule has 0 aromatic carbocycles. The van der Waals surface area contributed by atoms with Crippen molar-refractivity contribution >= 4 is 29.1 Å². The molecule has 5 aromatic rings. The van der Waals surface area contributed by atoms with Gasteiger partial charge in [-0.3, -0.25) is 0 Å². The van der Waals surface area contributed by atoms with Crippen molar-refractivity contribution in [3.63, 3.8) is 0 Å². The van der Waals surface area contributed by atoms with Crippen LogP contribution in [0.15, 0.2) is 34.9 Å². The highest BCUT2D eigenvalue weighted by Crippen LogP contribution is 2.41. The zero-order valence-electron chi connectivity index (χ0n) is 33.9. The number of oxazole rings is 1. The number of carbonyl (C=O) groups excluding carboxylic acids is 1. The summed E-state index contributed by atoms with van der Waals surface area (Å²) in [6, 6.07) is 6.19. The highest BCUT2D eigenvalue weighted by atomic mass is 32.1. The molecule has 0 spiro atoms. The van der Waals surface area contributed by atoms with E-state index in [1.807, 2.05) is 19.9 Å². The average molecular weight is 871 g/mol. The number of alkyl halides is 4. The lowest BCUT2D eigenvalue weighted by Crippen LogP contribution is -2.56. The molecule has 2 atom stereocenters. The van der Waals surface area contributed by atoms with Crippen LogP contribution in [-0.2, 0) is 4.74 Å². The third-order valence-electron chi connectivity index (χ3n) is 11.0. The number of ether oxygens (including phenoxy) is 2. The van der Waals surface area contributed by atoms with Crippen LogP contribution >= 0.6 is 11.3 Å². The first kappa shape index (κ1) is 42.3. The number of rotatable bonds is 12. The second-order valence-electron chi connectivity index (χ2n) is 15.9. The molecule has 1 aliphatic heterocycles. The number of thiazole rings is 1. The number of pyridine rings is 1. The van der Waals surface area contributed by atoms with E-state index in [2.05, 4.69) is 35.7 Å². The van der Waals surface area contributed by atoms with E-state index in [1.54, 1.807) is 22.9 Å². The quantitative estimate of drug-likeness (QED) is 0.0905. The predicted molar refractivity (Wildman–Crippen MR) is 214 cm³/mol. The molecule has 8 rings (SSSR count). The summed E-state index contributed by atoms with van der Waals surface area (Å²) < 4.78 is 74.5. The van der Waals surface area contributed by atoms with Crippen molar-refractivity contribution in [3.05, 3.63) is 59.0 Å². The zero-order chi connectivity index (χ0) is 43.2. The number of aromatic nitrogens is 7. The van der Waals surface area contributed by atoms with Gasteiger partial charge in [-0.15, -0.1) is 11.3 Å². The van der Waals surface area contributed by atoms with Crippen LogP contribution in [-0.4, -0.2) is 106 Å². The molecule has 1 amide bonds. The Labute approximate surface area is 351 Å². The minimum absolute atomic E-state index is 0.0760. The number of likely N-dealkylation sites (tertiary alicyclic amines) is 1. The monoisotopic (exact) mass is 870 g/mol. The van der Waals surface area contributed by atoms with Gasteiger partial charge in [0.05, 0.1) is 48.8 Å². The van der Waals surface area contributed by atoms with Crippen LogP contribution in [0.1, 0.15) is 99.0 Å². The maximum absolute atomic E-state index is 14.0. The fraction of sp³-hybridized carbons (Fsp3) is 0.525. The zero-order valence-corrected chi connectivity index (χ0v) is 34.7. The predicted octanol–water partition coefficient (Wildman–Crippen LogP) is 7.40. The Hall–Kier alpha value is -5.41. The van der Waals surface area contributed by atoms with Crippen LogP contribution in [0, 0.1) is 13.8 Å². The van der Waals surface area contributed by atoms with Gasteiger partial charge in [0.15, 0.2) is 28.5 Å². The molecule has 2 saturated carbocycles. The summed E-state index contributed by atoms with van der Waals surface area (Å²) in [5, 5.41) is 34.0. The summed E-state index contributed by atoms with van der Waals surface area (Å²) in [6.45, 7) is 5.77. The molecule has 61 heavy (non-hydrogen) atoms. The molecule has 4 N–H and O–H groups in total. The van der Waals surface area contributed by atoms with Gasteiger partial charge in [0.1, 0.15) is 17.7 Å². The number of halogens is 4. The van der Waals surface area contributed by atoms with Crippen molar-refractivity contribution in [2.75, 3.05) is 30.8 Å². The normalized spacial score (nSPS) is 19.3. The highest BCUT2D eigenvalue weighted by Gasteiger charge is 2.37. The summed E-state index contributed by atoms with van der Waals surface area (Å²) in [5.74, 6) is -3.94. The van der Waals surface area contributed by atoms with E-state index in [0.717, 1.165) is 22.7 Å². The van der Waals surface area contributed by atoms with E-state index in [1.165, 1.54) is 25.1 Å². The first-order chi connectivity index (χ1) is 29.0. The van der Waals surface area contributed by atoms with Gasteiger partial charge < -0.3 is 39.6 Å². The SMILES string of the molecule is COC(=O)N1CC(Oc2cc(NC3CCC(F)(F)CC3)nc(-c3nc(C(C)O)c(-c4cnc(C(O)c5cc(NC6CCC(F)(F)CC6)nc(-n6nc(C)cc6C)c5)o4)s3)n2)C1. The Morgan fingerprint density at radius 2 is 1.56 bits per heavy atom. The number of aryl methyl sites for hydroxylation is 2. The molecule has 16 nitrogen and oxygen atoms in total. The second-order valence-corrected chi connectivity index (χ2v) is 16.9. The highest BCUT2D eigenvalue weighted by molar-refractivity contribution is 7.18. The molecule has 0 radical (unpaired) electrons. The largest absolute Gasteiger partial charge is 0.470 e. The Morgan fingerprint density at radius 1 is 0.918 bits per heavy atom. The average Bonchev–Trinajstić information content (AvgIpc) is 3.96. The maximum atomic E-state index is 14.0. The van der Waals surface area contributed by atoms with Gasteiger partial charge in [-0.2, -0.15) is 10.1 Å². The van der Waals surface area contributed by atoms with Crippen LogP contribution in [0.3, 0.4) is 0 Å². The van der Waals surface area contributed by atoms with Crippen molar-refractivity contribution in [3.8, 4) is 33.2 Å². The van der Waals surface area contributed by atoms with Crippen LogP contribution in [0.2, 0.25) is 0 Å². The van der Waals surface area contributed by atoms with Gasteiger partial charge in [0.25, 0.3) is 0 Å². The summed E-state index contributed by atoms with van der Waals surface area (Å²) in [5.41, 5.74) is 2.12. The second kappa shape index (κ2) is 16.8. The van der Waals surface area contributed by atoms with Crippen LogP contribution < -0.4 is 15.4 Å². The number of hydrogen-bond donors (Lipinski definition) is 4. The van der Waals surface area contributed by atoms with Crippen LogP contribution in [0.4, 0.5) is 34.0 Å². The third-order valence-corrected chi connectivity index (χ3v) is 12.1. The lowest BCUT2D eigenvalue weighted by molar-refractivity contribution is -0.0366. The molecular weight excluding hydrogens is 825 g/mol. The molecule has 0 bridgehead atoms. The molecule has 326 valence electrons. The van der Waals surface area contributed by atoms with E-state index < -0.39 is 36.3 Å². The van der Waals surface area contributed by atoms with Crippen molar-refractivity contribution in [2.45, 2.75) is 114 Å². The number of nitrogens with one attached hydrogen (secondary N) is 2. The Morgan fingerprint density at radius 3 is 2.15 bits per heavy atom. The Bertz CT molecular complexity index is 2360. The molecule has 3 fully saturated rings. The van der Waals surface area contributed by atoms with Gasteiger partial charge in [0.2, 0.25) is 23.6 Å². The molecule has 3 aliphatic rings. The summed E-state index contributed by atoms with van der Waals surface area (Å²) in [6.07, 6.45) is -1.99. The number of amides is 1. The van der Waals surface area contributed by atoms with E-state index in [0.29, 0.717) is 27.9 Å². The number of aliphatic hydroxyl groups excluding tert-OH is 2. The van der Waals surface area contributed by atoms with E-state index >= 15 is 0 Å². The van der Waals surface area contributed by atoms with Crippen molar-refractivity contribution in [1.29, 1.82) is 0 Å². The number of carbonyl (C=O) groups is 1. The lowest BCUT2D eigenvalue weighted by Gasteiger charge is -2.37. The van der Waals surface area contributed by atoms with Crippen molar-refractivity contribution in [1.82, 2.24) is 39.6 Å². The molecule has 21 heteroatoms. The van der Waals surface area contributed by atoms with Gasteiger partial charge in [-0.05, 0) is 70.2 Å². The van der Waals surface area contributed by atoms with Gasteiger partial charge in [-0.25, -0.2) is 47.0 Å². The molecule has 5 aromatic heterocycles. The van der Waals surface area contributed by atoms with Gasteiger partial charge in [-0.1, -0.05) is 0 Å². The molecule has 6 heterocycles. The standard InChI is InChI=1S/C40H46F4N10O6S/c1-20-13-21(2)54(52-20)30-15-23(14-28(48-30)46-24-5-9-39(41,42)10-6-24)33(56)36-45-17-27(60-36)34-32(22(3)55)51-37(61-34)35-49-29(47-25-7-11-40(43,44)12-8-25)16-31(50-35)59-26-18-53(19-26)38(57)58-4/h13-17,22,24-26,33,55-56H,5-12,18-19H2,1-4H3,(H,46,48)(H,47,49,50). The molecular formula is C40H46F4N10O6S. The fourth-order valence-corrected chi connectivity index (χ4v) is 8.73. The Kier molecular flexibility index (Phi) is 11.6. The molecule has 2 aliphatic carbocycles. The third kappa shape index (κ3) is 9.57. The van der Waals surface area contributed by atoms with E-state index in [9.17, 15) is 32.6 Å². The number of nitrogens with zero attached hydrogens (tertiary/aromatic N) is 8. The maximum Gasteiger partial charge on any atom is 0.409 e. The van der Waals surface area contributed by atoms with Gasteiger partial charge in [0, 0.05) is 49.5 Å². The number of aliphatic hydroxyl groups is 2. The number of anilines is 2. The minimum Gasteiger partial charge on any atom is -0.470 e. The van der Waals surface area contributed by atoms with Gasteiger partial charge >= 0.3 is 6.09 Å². The first-order valence-electron chi connectivity index (χ1n) is 20.1. The van der Waals surface area contributed by atoms with Crippen LogP contribution in [0.5, 0.6) is 5.88 Å².